The van der Waals surface area contributed by atoms with Crippen molar-refractivity contribution in [3.05, 3.63) is 46.8 Å². The number of rotatable bonds is 7. The first-order chi connectivity index (χ1) is 15.1. The van der Waals surface area contributed by atoms with E-state index in [-0.39, 0.29) is 11.4 Å². The number of carbonyl (C=O) groups excluding carboxylic acids is 1. The molecule has 7 nitrogen and oxygen atoms in total. The molecule has 31 heavy (non-hydrogen) atoms. The van der Waals surface area contributed by atoms with Crippen LogP contribution in [0.3, 0.4) is 0 Å². The number of nitrogens with zero attached hydrogens (tertiary/aromatic N) is 2. The standard InChI is InChI=1S/C24H33N3O4/c1-18-21(19(2)31-26-18)16-30-22-9-5-4-8-20(22)23(28)25-17-24(10-6-3-7-11-24)27-12-14-29-15-13-27/h4-5,8-9H,3,6-7,10-17H2,1-2H3,(H,25,28). The van der Waals surface area contributed by atoms with Gasteiger partial charge in [-0.1, -0.05) is 36.6 Å². The molecule has 4 rings (SSSR count). The van der Waals surface area contributed by atoms with Crippen LogP contribution in [0.2, 0.25) is 0 Å². The van der Waals surface area contributed by atoms with Gasteiger partial charge in [0.1, 0.15) is 18.1 Å². The van der Waals surface area contributed by atoms with E-state index in [2.05, 4.69) is 15.4 Å². The zero-order chi connectivity index (χ0) is 21.7. The van der Waals surface area contributed by atoms with Gasteiger partial charge < -0.3 is 19.3 Å². The van der Waals surface area contributed by atoms with Crippen LogP contribution >= 0.6 is 0 Å². The van der Waals surface area contributed by atoms with Gasteiger partial charge in [-0.3, -0.25) is 9.69 Å². The third-order valence-corrected chi connectivity index (χ3v) is 6.73. The zero-order valence-electron chi connectivity index (χ0n) is 18.6. The lowest BCUT2D eigenvalue weighted by Crippen LogP contribution is -2.59. The van der Waals surface area contributed by atoms with Gasteiger partial charge >= 0.3 is 0 Å². The lowest BCUT2D eigenvalue weighted by atomic mass is 9.79. The third kappa shape index (κ3) is 4.93. The number of para-hydroxylation sites is 1. The Morgan fingerprint density at radius 2 is 1.90 bits per heavy atom. The van der Waals surface area contributed by atoms with E-state index in [9.17, 15) is 4.79 Å². The van der Waals surface area contributed by atoms with E-state index in [1.807, 2.05) is 38.1 Å². The molecule has 2 heterocycles. The van der Waals surface area contributed by atoms with Crippen molar-refractivity contribution in [2.45, 2.75) is 58.1 Å². The molecule has 1 aliphatic heterocycles. The molecule has 1 N–H and O–H groups in total. The lowest BCUT2D eigenvalue weighted by Gasteiger charge is -2.48. The first kappa shape index (κ1) is 21.8. The Kier molecular flexibility index (Phi) is 6.92. The van der Waals surface area contributed by atoms with E-state index in [1.54, 1.807) is 0 Å². The van der Waals surface area contributed by atoms with Gasteiger partial charge in [0.15, 0.2) is 0 Å². The largest absolute Gasteiger partial charge is 0.488 e. The smallest absolute Gasteiger partial charge is 0.255 e. The predicted molar refractivity (Wildman–Crippen MR) is 117 cm³/mol. The number of morpholine rings is 1. The molecular formula is C24H33N3O4. The number of amides is 1. The number of hydrogen-bond donors (Lipinski definition) is 1. The van der Waals surface area contributed by atoms with Gasteiger partial charge in [0.05, 0.1) is 30.0 Å². The Bertz CT molecular complexity index is 863. The van der Waals surface area contributed by atoms with Crippen LogP contribution in [-0.2, 0) is 11.3 Å². The summed E-state index contributed by atoms with van der Waals surface area (Å²) in [5, 5.41) is 7.20. The highest BCUT2D eigenvalue weighted by molar-refractivity contribution is 5.96. The minimum absolute atomic E-state index is 0.0319. The highest BCUT2D eigenvalue weighted by Crippen LogP contribution is 2.34. The molecule has 2 fully saturated rings. The molecule has 1 aromatic carbocycles. The fourth-order valence-electron chi connectivity index (χ4n) is 4.83. The molecule has 168 valence electrons. The Morgan fingerprint density at radius 1 is 1.16 bits per heavy atom. The summed E-state index contributed by atoms with van der Waals surface area (Å²) in [7, 11) is 0. The fourth-order valence-corrected chi connectivity index (χ4v) is 4.83. The summed E-state index contributed by atoms with van der Waals surface area (Å²) in [6.07, 6.45) is 5.95. The zero-order valence-corrected chi connectivity index (χ0v) is 18.6. The predicted octanol–water partition coefficient (Wildman–Crippen LogP) is 3.64. The molecule has 0 spiro atoms. The molecule has 2 aliphatic rings. The van der Waals surface area contributed by atoms with Crippen molar-refractivity contribution >= 4 is 5.91 Å². The highest BCUT2D eigenvalue weighted by atomic mass is 16.5. The molecule has 0 radical (unpaired) electrons. The van der Waals surface area contributed by atoms with E-state index in [4.69, 9.17) is 14.0 Å². The van der Waals surface area contributed by atoms with Gasteiger partial charge in [-0.05, 0) is 38.8 Å². The maximum atomic E-state index is 13.2. The van der Waals surface area contributed by atoms with Crippen molar-refractivity contribution in [2.24, 2.45) is 0 Å². The monoisotopic (exact) mass is 427 g/mol. The first-order valence-electron chi connectivity index (χ1n) is 11.3. The molecule has 1 aromatic heterocycles. The van der Waals surface area contributed by atoms with Crippen molar-refractivity contribution in [1.82, 2.24) is 15.4 Å². The minimum atomic E-state index is -0.0902. The van der Waals surface area contributed by atoms with Crippen LogP contribution in [0.4, 0.5) is 0 Å². The second-order valence-corrected chi connectivity index (χ2v) is 8.65. The summed E-state index contributed by atoms with van der Waals surface area (Å²) in [6.45, 7) is 8.16. The summed E-state index contributed by atoms with van der Waals surface area (Å²) in [6, 6.07) is 7.41. The number of aryl methyl sites for hydroxylation is 2. The lowest BCUT2D eigenvalue weighted by molar-refractivity contribution is -0.0361. The Hall–Kier alpha value is -2.38. The van der Waals surface area contributed by atoms with Crippen molar-refractivity contribution < 1.29 is 18.8 Å². The van der Waals surface area contributed by atoms with Gasteiger partial charge in [0.25, 0.3) is 5.91 Å². The molecule has 7 heteroatoms. The summed E-state index contributed by atoms with van der Waals surface area (Å²) in [4.78, 5) is 15.7. The maximum Gasteiger partial charge on any atom is 0.255 e. The van der Waals surface area contributed by atoms with E-state index < -0.39 is 0 Å². The van der Waals surface area contributed by atoms with Gasteiger partial charge in [-0.15, -0.1) is 0 Å². The molecule has 1 amide bonds. The molecular weight excluding hydrogens is 394 g/mol. The van der Waals surface area contributed by atoms with Crippen LogP contribution in [0.1, 0.15) is 59.5 Å². The molecule has 1 saturated heterocycles. The van der Waals surface area contributed by atoms with E-state index in [1.165, 1.54) is 19.3 Å². The summed E-state index contributed by atoms with van der Waals surface area (Å²) >= 11 is 0. The van der Waals surface area contributed by atoms with Gasteiger partial charge in [-0.25, -0.2) is 0 Å². The second kappa shape index (κ2) is 9.83. The van der Waals surface area contributed by atoms with Crippen LogP contribution < -0.4 is 10.1 Å². The molecule has 0 bridgehead atoms. The molecule has 0 atom stereocenters. The van der Waals surface area contributed by atoms with Crippen LogP contribution in [0.15, 0.2) is 28.8 Å². The van der Waals surface area contributed by atoms with E-state index in [0.717, 1.165) is 56.2 Å². The van der Waals surface area contributed by atoms with E-state index in [0.29, 0.717) is 24.5 Å². The van der Waals surface area contributed by atoms with E-state index >= 15 is 0 Å². The molecule has 1 saturated carbocycles. The van der Waals surface area contributed by atoms with Crippen LogP contribution in [0.5, 0.6) is 5.75 Å². The number of benzene rings is 1. The van der Waals surface area contributed by atoms with Gasteiger partial charge in [0, 0.05) is 25.2 Å². The highest BCUT2D eigenvalue weighted by Gasteiger charge is 2.39. The number of ether oxygens (including phenoxy) is 2. The Morgan fingerprint density at radius 3 is 2.61 bits per heavy atom. The average molecular weight is 428 g/mol. The van der Waals surface area contributed by atoms with Gasteiger partial charge in [0.2, 0.25) is 0 Å². The maximum absolute atomic E-state index is 13.2. The Labute approximate surface area is 184 Å². The quantitative estimate of drug-likeness (QED) is 0.727. The Balaban J connectivity index is 1.44. The van der Waals surface area contributed by atoms with Crippen molar-refractivity contribution in [3.8, 4) is 5.75 Å². The topological polar surface area (TPSA) is 76.8 Å². The van der Waals surface area contributed by atoms with Crippen molar-refractivity contribution in [2.75, 3.05) is 32.8 Å². The number of nitrogens with one attached hydrogen (secondary N) is 1. The summed E-state index contributed by atoms with van der Waals surface area (Å²) in [5.41, 5.74) is 2.32. The summed E-state index contributed by atoms with van der Waals surface area (Å²) < 4.78 is 16.8. The van der Waals surface area contributed by atoms with Crippen LogP contribution in [0.25, 0.3) is 0 Å². The third-order valence-electron chi connectivity index (χ3n) is 6.73. The van der Waals surface area contributed by atoms with Crippen LogP contribution in [0, 0.1) is 13.8 Å². The van der Waals surface area contributed by atoms with Crippen molar-refractivity contribution in [3.63, 3.8) is 0 Å². The van der Waals surface area contributed by atoms with Gasteiger partial charge in [-0.2, -0.15) is 0 Å². The SMILES string of the molecule is Cc1noc(C)c1COc1ccccc1C(=O)NCC1(N2CCOCC2)CCCCC1. The molecule has 1 aliphatic carbocycles. The molecule has 0 unspecified atom stereocenters. The second-order valence-electron chi connectivity index (χ2n) is 8.65. The number of hydrogen-bond acceptors (Lipinski definition) is 6. The first-order valence-corrected chi connectivity index (χ1v) is 11.3. The molecule has 2 aromatic rings. The number of aromatic nitrogens is 1. The van der Waals surface area contributed by atoms with Crippen LogP contribution in [-0.4, -0.2) is 54.4 Å². The average Bonchev–Trinajstić information content (AvgIpc) is 3.14. The summed E-state index contributed by atoms with van der Waals surface area (Å²) in [5.74, 6) is 1.22. The normalized spacial score (nSPS) is 19.2. The number of carbonyl (C=O) groups is 1. The minimum Gasteiger partial charge on any atom is -0.488 e. The fraction of sp³-hybridized carbons (Fsp3) is 0.583. The van der Waals surface area contributed by atoms with Crippen molar-refractivity contribution in [1.29, 1.82) is 0 Å².